The smallest absolute Gasteiger partial charge is 0.0292 e. The summed E-state index contributed by atoms with van der Waals surface area (Å²) in [5.74, 6) is 1.06. The largest absolute Gasteiger partial charge is 0.310 e. The van der Waals surface area contributed by atoms with Gasteiger partial charge in [0.15, 0.2) is 0 Å². The van der Waals surface area contributed by atoms with Crippen molar-refractivity contribution in [2.75, 3.05) is 6.54 Å². The van der Waals surface area contributed by atoms with E-state index in [2.05, 4.69) is 42.6 Å². The van der Waals surface area contributed by atoms with E-state index in [4.69, 9.17) is 0 Å². The van der Waals surface area contributed by atoms with E-state index in [1.54, 1.807) is 0 Å². The standard InChI is InChI=1S/C15H21N/c1-12(13-5-3-2-4-6-13)16-11-15(9-10-15)14-7-8-14/h2-6,12,14,16H,7-11H2,1H3. The molecule has 0 bridgehead atoms. The maximum Gasteiger partial charge on any atom is 0.0292 e. The van der Waals surface area contributed by atoms with E-state index in [1.807, 2.05) is 0 Å². The van der Waals surface area contributed by atoms with Crippen molar-refractivity contribution < 1.29 is 0 Å². The first kappa shape index (κ1) is 10.3. The number of rotatable bonds is 5. The van der Waals surface area contributed by atoms with Crippen LogP contribution in [0.15, 0.2) is 30.3 Å². The molecule has 0 saturated heterocycles. The number of nitrogens with one attached hydrogen (secondary N) is 1. The molecule has 1 heteroatoms. The van der Waals surface area contributed by atoms with Gasteiger partial charge >= 0.3 is 0 Å². The summed E-state index contributed by atoms with van der Waals surface area (Å²) < 4.78 is 0. The molecular formula is C15H21N. The van der Waals surface area contributed by atoms with Gasteiger partial charge in [-0.25, -0.2) is 0 Å². The van der Waals surface area contributed by atoms with Gasteiger partial charge in [0.05, 0.1) is 0 Å². The fraction of sp³-hybridized carbons (Fsp3) is 0.600. The molecule has 0 aliphatic heterocycles. The van der Waals surface area contributed by atoms with Crippen LogP contribution in [0.1, 0.15) is 44.2 Å². The minimum Gasteiger partial charge on any atom is -0.310 e. The van der Waals surface area contributed by atoms with Crippen LogP contribution < -0.4 is 5.32 Å². The zero-order chi connectivity index (χ0) is 11.0. The maximum atomic E-state index is 3.72. The Balaban J connectivity index is 1.55. The van der Waals surface area contributed by atoms with Crippen LogP contribution in [-0.4, -0.2) is 6.54 Å². The summed E-state index contributed by atoms with van der Waals surface area (Å²) in [7, 11) is 0. The molecule has 2 fully saturated rings. The van der Waals surface area contributed by atoms with Crippen molar-refractivity contribution >= 4 is 0 Å². The van der Waals surface area contributed by atoms with Gasteiger partial charge < -0.3 is 5.32 Å². The highest BCUT2D eigenvalue weighted by Crippen LogP contribution is 2.60. The van der Waals surface area contributed by atoms with Gasteiger partial charge in [0.2, 0.25) is 0 Å². The second-order valence-corrected chi connectivity index (χ2v) is 5.65. The second-order valence-electron chi connectivity index (χ2n) is 5.65. The summed E-state index contributed by atoms with van der Waals surface area (Å²) in [6.07, 6.45) is 5.90. The lowest BCUT2D eigenvalue weighted by molar-refractivity contribution is 0.382. The SMILES string of the molecule is CC(NCC1(C2CC2)CC1)c1ccccc1. The van der Waals surface area contributed by atoms with Gasteiger partial charge in [0.1, 0.15) is 0 Å². The third-order valence-corrected chi connectivity index (χ3v) is 4.40. The minimum absolute atomic E-state index is 0.498. The summed E-state index contributed by atoms with van der Waals surface area (Å²) in [6, 6.07) is 11.3. The zero-order valence-electron chi connectivity index (χ0n) is 10.1. The molecule has 1 N–H and O–H groups in total. The summed E-state index contributed by atoms with van der Waals surface area (Å²) in [5.41, 5.74) is 2.12. The highest BCUT2D eigenvalue weighted by atomic mass is 14.9. The van der Waals surface area contributed by atoms with Crippen LogP contribution in [0.25, 0.3) is 0 Å². The fourth-order valence-electron chi connectivity index (χ4n) is 2.80. The van der Waals surface area contributed by atoms with Crippen LogP contribution in [0.4, 0.5) is 0 Å². The topological polar surface area (TPSA) is 12.0 Å². The van der Waals surface area contributed by atoms with Gasteiger partial charge in [-0.1, -0.05) is 30.3 Å². The van der Waals surface area contributed by atoms with Crippen LogP contribution in [0.5, 0.6) is 0 Å². The third kappa shape index (κ3) is 2.01. The highest BCUT2D eigenvalue weighted by Gasteiger charge is 2.53. The summed E-state index contributed by atoms with van der Waals surface area (Å²) >= 11 is 0. The van der Waals surface area contributed by atoms with E-state index >= 15 is 0 Å². The van der Waals surface area contributed by atoms with Gasteiger partial charge in [-0.2, -0.15) is 0 Å². The molecule has 1 atom stereocenters. The van der Waals surface area contributed by atoms with Crippen molar-refractivity contribution in [2.45, 2.75) is 38.6 Å². The Hall–Kier alpha value is -0.820. The monoisotopic (exact) mass is 215 g/mol. The fourth-order valence-corrected chi connectivity index (χ4v) is 2.80. The van der Waals surface area contributed by atoms with E-state index in [0.717, 1.165) is 5.92 Å². The Bertz CT molecular complexity index is 349. The third-order valence-electron chi connectivity index (χ3n) is 4.40. The summed E-state index contributed by atoms with van der Waals surface area (Å²) in [5, 5.41) is 3.72. The van der Waals surface area contributed by atoms with E-state index in [9.17, 15) is 0 Å². The average Bonchev–Trinajstić information content (AvgIpc) is 3.17. The molecule has 0 aromatic heterocycles. The molecule has 3 rings (SSSR count). The first-order valence-electron chi connectivity index (χ1n) is 6.58. The maximum absolute atomic E-state index is 3.72. The molecule has 86 valence electrons. The Morgan fingerprint density at radius 2 is 1.94 bits per heavy atom. The molecule has 2 aliphatic rings. The lowest BCUT2D eigenvalue weighted by Crippen LogP contribution is -2.27. The molecule has 1 unspecified atom stereocenters. The van der Waals surface area contributed by atoms with Crippen LogP contribution in [-0.2, 0) is 0 Å². The van der Waals surface area contributed by atoms with Gasteiger partial charge in [0.25, 0.3) is 0 Å². The molecular weight excluding hydrogens is 194 g/mol. The Kier molecular flexibility index (Phi) is 2.51. The van der Waals surface area contributed by atoms with Gasteiger partial charge in [-0.3, -0.25) is 0 Å². The van der Waals surface area contributed by atoms with E-state index in [-0.39, 0.29) is 0 Å². The van der Waals surface area contributed by atoms with Crippen LogP contribution in [0, 0.1) is 11.3 Å². The molecule has 16 heavy (non-hydrogen) atoms. The Labute approximate surface area is 98.3 Å². The van der Waals surface area contributed by atoms with Crippen LogP contribution in [0.3, 0.4) is 0 Å². The molecule has 1 nitrogen and oxygen atoms in total. The van der Waals surface area contributed by atoms with Crippen molar-refractivity contribution in [3.63, 3.8) is 0 Å². The predicted octanol–water partition coefficient (Wildman–Crippen LogP) is 3.53. The molecule has 2 saturated carbocycles. The second kappa shape index (κ2) is 3.89. The molecule has 0 spiro atoms. The zero-order valence-corrected chi connectivity index (χ0v) is 10.1. The van der Waals surface area contributed by atoms with Gasteiger partial charge in [-0.05, 0) is 49.5 Å². The molecule has 0 amide bonds. The van der Waals surface area contributed by atoms with Gasteiger partial charge in [0, 0.05) is 12.6 Å². The van der Waals surface area contributed by atoms with E-state index < -0.39 is 0 Å². The number of hydrogen-bond acceptors (Lipinski definition) is 1. The normalized spacial score (nSPS) is 24.1. The predicted molar refractivity (Wildman–Crippen MR) is 67.3 cm³/mol. The molecule has 1 aromatic rings. The van der Waals surface area contributed by atoms with Crippen molar-refractivity contribution in [3.8, 4) is 0 Å². The van der Waals surface area contributed by atoms with Crippen molar-refractivity contribution in [2.24, 2.45) is 11.3 Å². The van der Waals surface area contributed by atoms with Crippen molar-refractivity contribution in [3.05, 3.63) is 35.9 Å². The molecule has 2 aliphatic carbocycles. The molecule has 0 heterocycles. The minimum atomic E-state index is 0.498. The number of benzene rings is 1. The quantitative estimate of drug-likeness (QED) is 0.792. The molecule has 1 aromatic carbocycles. The van der Waals surface area contributed by atoms with E-state index in [1.165, 1.54) is 37.8 Å². The van der Waals surface area contributed by atoms with Crippen LogP contribution in [0.2, 0.25) is 0 Å². The Morgan fingerprint density at radius 1 is 1.25 bits per heavy atom. The summed E-state index contributed by atoms with van der Waals surface area (Å²) in [6.45, 7) is 3.51. The lowest BCUT2D eigenvalue weighted by atomic mass is 9.99. The number of hydrogen-bond donors (Lipinski definition) is 1. The van der Waals surface area contributed by atoms with Crippen molar-refractivity contribution in [1.29, 1.82) is 0 Å². The van der Waals surface area contributed by atoms with Gasteiger partial charge in [-0.15, -0.1) is 0 Å². The van der Waals surface area contributed by atoms with E-state index in [0.29, 0.717) is 11.5 Å². The van der Waals surface area contributed by atoms with Crippen LogP contribution >= 0.6 is 0 Å². The Morgan fingerprint density at radius 3 is 2.50 bits per heavy atom. The molecule has 0 radical (unpaired) electrons. The van der Waals surface area contributed by atoms with Crippen molar-refractivity contribution in [1.82, 2.24) is 5.32 Å². The average molecular weight is 215 g/mol. The first-order valence-corrected chi connectivity index (χ1v) is 6.58. The summed E-state index contributed by atoms with van der Waals surface area (Å²) in [4.78, 5) is 0. The highest BCUT2D eigenvalue weighted by molar-refractivity contribution is 5.18. The lowest BCUT2D eigenvalue weighted by Gasteiger charge is -2.20. The first-order chi connectivity index (χ1) is 7.80.